The Morgan fingerprint density at radius 1 is 1.19 bits per heavy atom. The number of carbonyl (C=O) groups is 1. The monoisotopic (exact) mass is 446 g/mol. The first-order valence-electron chi connectivity index (χ1n) is 10.1. The molecule has 0 aromatic heterocycles. The highest BCUT2D eigenvalue weighted by Gasteiger charge is 2.32. The van der Waals surface area contributed by atoms with Gasteiger partial charge in [0.25, 0.3) is 5.69 Å². The number of non-ortho nitro benzene ring substituents is 1. The van der Waals surface area contributed by atoms with Crippen LogP contribution in [0.15, 0.2) is 48.5 Å². The summed E-state index contributed by atoms with van der Waals surface area (Å²) in [4.78, 5) is 25.8. The normalized spacial score (nSPS) is 14.8. The fourth-order valence-electron chi connectivity index (χ4n) is 3.76. The Labute approximate surface area is 181 Å². The van der Waals surface area contributed by atoms with E-state index in [-0.39, 0.29) is 17.8 Å². The molecule has 1 saturated heterocycles. The standard InChI is InChI=1S/C21H26N4O5S/c1-3-20(24(31(2,29)30)18-7-6-8-19(15-18)25(27)28)21(26)22-16-9-11-17(12-10-16)23-13-4-5-14-23/h6-12,15,20H,3-5,13-14H2,1-2H3,(H,22,26)/t20-/m0/s1. The Morgan fingerprint density at radius 3 is 2.39 bits per heavy atom. The quantitative estimate of drug-likeness (QED) is 0.491. The van der Waals surface area contributed by atoms with Crippen LogP contribution >= 0.6 is 0 Å². The summed E-state index contributed by atoms with van der Waals surface area (Å²) in [5, 5.41) is 13.9. The Hall–Kier alpha value is -3.14. The van der Waals surface area contributed by atoms with Crippen molar-refractivity contribution < 1.29 is 18.1 Å². The van der Waals surface area contributed by atoms with Crippen LogP contribution in [0.3, 0.4) is 0 Å². The van der Waals surface area contributed by atoms with Crippen molar-refractivity contribution in [2.75, 3.05) is 33.9 Å². The summed E-state index contributed by atoms with van der Waals surface area (Å²) >= 11 is 0. The molecule has 1 N–H and O–H groups in total. The van der Waals surface area contributed by atoms with Gasteiger partial charge >= 0.3 is 0 Å². The van der Waals surface area contributed by atoms with Crippen molar-refractivity contribution >= 4 is 38.7 Å². The molecule has 1 heterocycles. The number of sulfonamides is 1. The van der Waals surface area contributed by atoms with E-state index in [2.05, 4.69) is 10.2 Å². The Balaban J connectivity index is 1.84. The van der Waals surface area contributed by atoms with E-state index >= 15 is 0 Å². The molecule has 0 spiro atoms. The number of hydrogen-bond donors (Lipinski definition) is 1. The zero-order valence-electron chi connectivity index (χ0n) is 17.5. The molecule has 31 heavy (non-hydrogen) atoms. The summed E-state index contributed by atoms with van der Waals surface area (Å²) in [7, 11) is -3.88. The van der Waals surface area contributed by atoms with Crippen LogP contribution in [0.2, 0.25) is 0 Å². The van der Waals surface area contributed by atoms with Gasteiger partial charge in [0.05, 0.1) is 16.9 Å². The number of nitrogens with one attached hydrogen (secondary N) is 1. The minimum atomic E-state index is -3.88. The molecule has 2 aromatic carbocycles. The summed E-state index contributed by atoms with van der Waals surface area (Å²) < 4.78 is 26.0. The maximum absolute atomic E-state index is 13.0. The number of nitro groups is 1. The molecule has 1 atom stereocenters. The average Bonchev–Trinajstić information content (AvgIpc) is 3.26. The van der Waals surface area contributed by atoms with Crippen molar-refractivity contribution in [1.82, 2.24) is 0 Å². The molecule has 1 fully saturated rings. The number of nitro benzene ring substituents is 1. The highest BCUT2D eigenvalue weighted by molar-refractivity contribution is 7.92. The second-order valence-corrected chi connectivity index (χ2v) is 9.35. The lowest BCUT2D eigenvalue weighted by molar-refractivity contribution is -0.384. The first-order valence-corrected chi connectivity index (χ1v) is 11.9. The second-order valence-electron chi connectivity index (χ2n) is 7.49. The van der Waals surface area contributed by atoms with Gasteiger partial charge in [-0.1, -0.05) is 13.0 Å². The Morgan fingerprint density at radius 2 is 1.84 bits per heavy atom. The first-order chi connectivity index (χ1) is 14.7. The third kappa shape index (κ3) is 5.32. The number of rotatable bonds is 8. The average molecular weight is 447 g/mol. The minimum absolute atomic E-state index is 0.0723. The lowest BCUT2D eigenvalue weighted by Gasteiger charge is -2.30. The van der Waals surface area contributed by atoms with E-state index in [1.807, 2.05) is 12.1 Å². The zero-order chi connectivity index (χ0) is 22.6. The summed E-state index contributed by atoms with van der Waals surface area (Å²) in [5.74, 6) is -0.506. The Bertz CT molecular complexity index is 1050. The second kappa shape index (κ2) is 9.34. The van der Waals surface area contributed by atoms with Gasteiger partial charge in [0.15, 0.2) is 0 Å². The molecule has 0 bridgehead atoms. The van der Waals surface area contributed by atoms with Crippen molar-refractivity contribution in [2.45, 2.75) is 32.2 Å². The van der Waals surface area contributed by atoms with E-state index in [1.54, 1.807) is 19.1 Å². The van der Waals surface area contributed by atoms with Crippen LogP contribution in [0.5, 0.6) is 0 Å². The molecule has 3 rings (SSSR count). The lowest BCUT2D eigenvalue weighted by Crippen LogP contribution is -2.47. The van der Waals surface area contributed by atoms with Gasteiger partial charge in [0, 0.05) is 36.6 Å². The molecular weight excluding hydrogens is 420 g/mol. The van der Waals surface area contributed by atoms with Crippen molar-refractivity contribution in [3.63, 3.8) is 0 Å². The topological polar surface area (TPSA) is 113 Å². The first kappa shape index (κ1) is 22.5. The van der Waals surface area contributed by atoms with Gasteiger partial charge in [0.2, 0.25) is 15.9 Å². The van der Waals surface area contributed by atoms with Crippen LogP contribution in [0.25, 0.3) is 0 Å². The van der Waals surface area contributed by atoms with E-state index in [0.717, 1.165) is 48.2 Å². The number of anilines is 3. The van der Waals surface area contributed by atoms with Crippen LogP contribution in [0.4, 0.5) is 22.7 Å². The van der Waals surface area contributed by atoms with E-state index in [9.17, 15) is 23.3 Å². The third-order valence-corrected chi connectivity index (χ3v) is 6.41. The van der Waals surface area contributed by atoms with E-state index in [0.29, 0.717) is 5.69 Å². The molecular formula is C21H26N4O5S. The van der Waals surface area contributed by atoms with Crippen LogP contribution in [0.1, 0.15) is 26.2 Å². The fourth-order valence-corrected chi connectivity index (χ4v) is 4.96. The maximum atomic E-state index is 13.0. The van der Waals surface area contributed by atoms with Crippen LogP contribution in [0, 0.1) is 10.1 Å². The van der Waals surface area contributed by atoms with Crippen LogP contribution < -0.4 is 14.5 Å². The molecule has 0 saturated carbocycles. The largest absolute Gasteiger partial charge is 0.372 e. The third-order valence-electron chi connectivity index (χ3n) is 5.23. The molecule has 166 valence electrons. The molecule has 1 aliphatic heterocycles. The number of nitrogens with zero attached hydrogens (tertiary/aromatic N) is 3. The molecule has 10 heteroatoms. The van der Waals surface area contributed by atoms with Gasteiger partial charge in [-0.2, -0.15) is 0 Å². The molecule has 1 amide bonds. The summed E-state index contributed by atoms with van der Waals surface area (Å²) in [6.45, 7) is 3.71. The maximum Gasteiger partial charge on any atom is 0.271 e. The number of benzene rings is 2. The molecule has 0 unspecified atom stereocenters. The van der Waals surface area contributed by atoms with Crippen molar-refractivity contribution in [3.8, 4) is 0 Å². The summed E-state index contributed by atoms with van der Waals surface area (Å²) in [6, 6.07) is 11.6. The number of hydrogen-bond acceptors (Lipinski definition) is 6. The van der Waals surface area contributed by atoms with Gasteiger partial charge in [-0.05, 0) is 49.6 Å². The predicted molar refractivity (Wildman–Crippen MR) is 121 cm³/mol. The zero-order valence-corrected chi connectivity index (χ0v) is 18.3. The molecule has 2 aromatic rings. The molecule has 9 nitrogen and oxygen atoms in total. The molecule has 1 aliphatic rings. The minimum Gasteiger partial charge on any atom is -0.372 e. The molecule has 0 radical (unpaired) electrons. The highest BCUT2D eigenvalue weighted by Crippen LogP contribution is 2.27. The van der Waals surface area contributed by atoms with Crippen molar-refractivity contribution in [3.05, 3.63) is 58.6 Å². The number of carbonyl (C=O) groups excluding carboxylic acids is 1. The summed E-state index contributed by atoms with van der Waals surface area (Å²) in [6.07, 6.45) is 3.49. The smallest absolute Gasteiger partial charge is 0.271 e. The predicted octanol–water partition coefficient (Wildman–Crippen LogP) is 3.38. The Kier molecular flexibility index (Phi) is 6.79. The van der Waals surface area contributed by atoms with E-state index in [4.69, 9.17) is 0 Å². The van der Waals surface area contributed by atoms with Crippen molar-refractivity contribution in [1.29, 1.82) is 0 Å². The van der Waals surface area contributed by atoms with Gasteiger partial charge in [0.1, 0.15) is 6.04 Å². The van der Waals surface area contributed by atoms with Gasteiger partial charge in [-0.15, -0.1) is 0 Å². The van der Waals surface area contributed by atoms with Crippen molar-refractivity contribution in [2.24, 2.45) is 0 Å². The van der Waals surface area contributed by atoms with Gasteiger partial charge in [-0.3, -0.25) is 19.2 Å². The summed E-state index contributed by atoms with van der Waals surface area (Å²) in [5.41, 5.74) is 1.46. The van der Waals surface area contributed by atoms with Crippen LogP contribution in [-0.2, 0) is 14.8 Å². The highest BCUT2D eigenvalue weighted by atomic mass is 32.2. The van der Waals surface area contributed by atoms with Gasteiger partial charge in [-0.25, -0.2) is 8.42 Å². The van der Waals surface area contributed by atoms with E-state index < -0.39 is 26.9 Å². The SMILES string of the molecule is CC[C@@H](C(=O)Nc1ccc(N2CCCC2)cc1)N(c1cccc([N+](=O)[O-])c1)S(C)(=O)=O. The lowest BCUT2D eigenvalue weighted by atomic mass is 10.1. The number of amides is 1. The van der Waals surface area contributed by atoms with Crippen LogP contribution in [-0.4, -0.2) is 44.6 Å². The molecule has 0 aliphatic carbocycles. The fraction of sp³-hybridized carbons (Fsp3) is 0.381. The van der Waals surface area contributed by atoms with E-state index in [1.165, 1.54) is 18.2 Å². The van der Waals surface area contributed by atoms with Gasteiger partial charge < -0.3 is 10.2 Å².